The smallest absolute Gasteiger partial charge is 0.232 e. The van der Waals surface area contributed by atoms with Gasteiger partial charge in [-0.3, -0.25) is 4.79 Å². The Labute approximate surface area is 101 Å². The molecule has 1 aromatic rings. The number of amides is 1. The Hall–Kier alpha value is -0.000000000000000111. The zero-order valence-electron chi connectivity index (χ0n) is 8.12. The first-order valence-corrected chi connectivity index (χ1v) is 7.16. The summed E-state index contributed by atoms with van der Waals surface area (Å²) in [6, 6.07) is 2.05. The van der Waals surface area contributed by atoms with Gasteiger partial charge in [-0.2, -0.15) is 11.8 Å². The van der Waals surface area contributed by atoms with Gasteiger partial charge in [0.1, 0.15) is 0 Å². The van der Waals surface area contributed by atoms with Crippen LogP contribution in [0.15, 0.2) is 15.2 Å². The standard InChI is InChI=1S/C9H12BrNOS2/c1-11(9(12)6-13-2)4-7-3-8(10)14-5-7/h3,5H,4,6H2,1-2H3. The fourth-order valence-corrected chi connectivity index (χ4v) is 2.69. The molecule has 1 heterocycles. The molecule has 0 atom stereocenters. The zero-order chi connectivity index (χ0) is 10.6. The summed E-state index contributed by atoms with van der Waals surface area (Å²) in [5.41, 5.74) is 1.18. The molecule has 1 amide bonds. The van der Waals surface area contributed by atoms with Gasteiger partial charge in [0.05, 0.1) is 9.54 Å². The minimum absolute atomic E-state index is 0.180. The van der Waals surface area contributed by atoms with Crippen molar-refractivity contribution in [3.63, 3.8) is 0 Å². The highest BCUT2D eigenvalue weighted by molar-refractivity contribution is 9.11. The average molecular weight is 294 g/mol. The van der Waals surface area contributed by atoms with E-state index < -0.39 is 0 Å². The van der Waals surface area contributed by atoms with Crippen molar-refractivity contribution in [2.24, 2.45) is 0 Å². The molecule has 14 heavy (non-hydrogen) atoms. The molecule has 0 saturated carbocycles. The quantitative estimate of drug-likeness (QED) is 0.851. The van der Waals surface area contributed by atoms with Crippen LogP contribution in [-0.4, -0.2) is 29.9 Å². The second-order valence-electron chi connectivity index (χ2n) is 2.94. The van der Waals surface area contributed by atoms with Crippen LogP contribution in [0.4, 0.5) is 0 Å². The first kappa shape index (κ1) is 12.1. The number of rotatable bonds is 4. The third-order valence-corrected chi connectivity index (χ3v) is 3.82. The number of hydrogen-bond donors (Lipinski definition) is 0. The highest BCUT2D eigenvalue weighted by Crippen LogP contribution is 2.21. The molecule has 0 radical (unpaired) electrons. The number of hydrogen-bond acceptors (Lipinski definition) is 3. The summed E-state index contributed by atoms with van der Waals surface area (Å²) in [5, 5.41) is 2.06. The van der Waals surface area contributed by atoms with Gasteiger partial charge in [-0.25, -0.2) is 0 Å². The molecule has 2 nitrogen and oxygen atoms in total. The van der Waals surface area contributed by atoms with Crippen LogP contribution in [-0.2, 0) is 11.3 Å². The van der Waals surface area contributed by atoms with E-state index in [0.29, 0.717) is 12.3 Å². The Morgan fingerprint density at radius 2 is 2.43 bits per heavy atom. The van der Waals surface area contributed by atoms with Gasteiger partial charge in [-0.15, -0.1) is 11.3 Å². The number of carbonyl (C=O) groups is 1. The Bertz CT molecular complexity index is 314. The van der Waals surface area contributed by atoms with E-state index in [-0.39, 0.29) is 5.91 Å². The van der Waals surface area contributed by atoms with Gasteiger partial charge in [0.15, 0.2) is 0 Å². The lowest BCUT2D eigenvalue weighted by molar-refractivity contribution is -0.127. The van der Waals surface area contributed by atoms with E-state index in [4.69, 9.17) is 0 Å². The van der Waals surface area contributed by atoms with Crippen LogP contribution in [0.2, 0.25) is 0 Å². The highest BCUT2D eigenvalue weighted by atomic mass is 79.9. The maximum absolute atomic E-state index is 11.5. The number of thiophene rings is 1. The van der Waals surface area contributed by atoms with Crippen molar-refractivity contribution in [3.05, 3.63) is 20.8 Å². The van der Waals surface area contributed by atoms with Gasteiger partial charge >= 0.3 is 0 Å². The molecule has 0 saturated heterocycles. The first-order valence-electron chi connectivity index (χ1n) is 4.09. The SMILES string of the molecule is CSCC(=O)N(C)Cc1csc(Br)c1. The monoisotopic (exact) mass is 293 g/mol. The van der Waals surface area contributed by atoms with E-state index in [9.17, 15) is 4.79 Å². The van der Waals surface area contributed by atoms with Gasteiger partial charge < -0.3 is 4.90 Å². The first-order chi connectivity index (χ1) is 6.63. The summed E-state index contributed by atoms with van der Waals surface area (Å²) >= 11 is 6.60. The molecule has 0 N–H and O–H groups in total. The van der Waals surface area contributed by atoms with E-state index in [1.807, 2.05) is 19.4 Å². The van der Waals surface area contributed by atoms with Gasteiger partial charge in [0.25, 0.3) is 0 Å². The molecule has 1 aromatic heterocycles. The molecule has 0 fully saturated rings. The third kappa shape index (κ3) is 3.63. The molecule has 0 unspecified atom stereocenters. The van der Waals surface area contributed by atoms with Gasteiger partial charge in [-0.05, 0) is 39.2 Å². The second-order valence-corrected chi connectivity index (χ2v) is 6.10. The summed E-state index contributed by atoms with van der Waals surface area (Å²) in [7, 11) is 1.84. The largest absolute Gasteiger partial charge is 0.341 e. The Kier molecular flexibility index (Phi) is 4.98. The van der Waals surface area contributed by atoms with E-state index in [1.165, 1.54) is 5.56 Å². The molecular formula is C9H12BrNOS2. The number of nitrogens with zero attached hydrogens (tertiary/aromatic N) is 1. The predicted molar refractivity (Wildman–Crippen MR) is 66.9 cm³/mol. The van der Waals surface area contributed by atoms with Crippen LogP contribution in [0, 0.1) is 0 Å². The maximum atomic E-state index is 11.5. The topological polar surface area (TPSA) is 20.3 Å². The van der Waals surface area contributed by atoms with Crippen LogP contribution < -0.4 is 0 Å². The Balaban J connectivity index is 2.48. The minimum atomic E-state index is 0.180. The fourth-order valence-electron chi connectivity index (χ4n) is 1.02. The van der Waals surface area contributed by atoms with E-state index >= 15 is 0 Å². The van der Waals surface area contributed by atoms with Gasteiger partial charge in [0.2, 0.25) is 5.91 Å². The van der Waals surface area contributed by atoms with Crippen molar-refractivity contribution < 1.29 is 4.79 Å². The van der Waals surface area contributed by atoms with Crippen molar-refractivity contribution in [1.29, 1.82) is 0 Å². The van der Waals surface area contributed by atoms with Crippen LogP contribution >= 0.6 is 39.0 Å². The molecule has 0 aliphatic carbocycles. The normalized spacial score (nSPS) is 10.2. The molecular weight excluding hydrogens is 282 g/mol. The van der Waals surface area contributed by atoms with E-state index in [2.05, 4.69) is 21.3 Å². The van der Waals surface area contributed by atoms with E-state index in [1.54, 1.807) is 28.0 Å². The third-order valence-electron chi connectivity index (χ3n) is 1.74. The summed E-state index contributed by atoms with van der Waals surface area (Å²) in [6.07, 6.45) is 1.94. The molecule has 5 heteroatoms. The minimum Gasteiger partial charge on any atom is -0.341 e. The van der Waals surface area contributed by atoms with Crippen molar-refractivity contribution in [3.8, 4) is 0 Å². The summed E-state index contributed by atoms with van der Waals surface area (Å²) in [5.74, 6) is 0.738. The van der Waals surface area contributed by atoms with Gasteiger partial charge in [-0.1, -0.05) is 0 Å². The second kappa shape index (κ2) is 5.78. The zero-order valence-corrected chi connectivity index (χ0v) is 11.3. The summed E-state index contributed by atoms with van der Waals surface area (Å²) in [4.78, 5) is 13.2. The van der Waals surface area contributed by atoms with Crippen LogP contribution in [0.1, 0.15) is 5.56 Å². The summed E-state index contributed by atoms with van der Waals surface area (Å²) < 4.78 is 1.11. The highest BCUT2D eigenvalue weighted by Gasteiger charge is 2.08. The van der Waals surface area contributed by atoms with Crippen molar-refractivity contribution >= 4 is 44.9 Å². The molecule has 78 valence electrons. The number of thioether (sulfide) groups is 1. The van der Waals surface area contributed by atoms with Crippen molar-refractivity contribution in [2.75, 3.05) is 19.1 Å². The average Bonchev–Trinajstić information content (AvgIpc) is 2.51. The maximum Gasteiger partial charge on any atom is 0.232 e. The van der Waals surface area contributed by atoms with Crippen LogP contribution in [0.25, 0.3) is 0 Å². The number of halogens is 1. The predicted octanol–water partition coefficient (Wildman–Crippen LogP) is 2.83. The van der Waals surface area contributed by atoms with Crippen LogP contribution in [0.3, 0.4) is 0 Å². The van der Waals surface area contributed by atoms with E-state index in [0.717, 1.165) is 3.79 Å². The fraction of sp³-hybridized carbons (Fsp3) is 0.444. The van der Waals surface area contributed by atoms with Crippen molar-refractivity contribution in [2.45, 2.75) is 6.54 Å². The molecule has 0 aliphatic rings. The molecule has 0 bridgehead atoms. The van der Waals surface area contributed by atoms with Crippen molar-refractivity contribution in [1.82, 2.24) is 4.90 Å². The molecule has 1 rings (SSSR count). The lowest BCUT2D eigenvalue weighted by Crippen LogP contribution is -2.27. The summed E-state index contributed by atoms with van der Waals surface area (Å²) in [6.45, 7) is 0.696. The Morgan fingerprint density at radius 1 is 1.71 bits per heavy atom. The van der Waals surface area contributed by atoms with Gasteiger partial charge in [0, 0.05) is 13.6 Å². The Morgan fingerprint density at radius 3 is 2.93 bits per heavy atom. The molecule has 0 spiro atoms. The lowest BCUT2D eigenvalue weighted by atomic mass is 10.3. The molecule has 0 aromatic carbocycles. The lowest BCUT2D eigenvalue weighted by Gasteiger charge is -2.15. The van der Waals surface area contributed by atoms with Crippen LogP contribution in [0.5, 0.6) is 0 Å². The number of carbonyl (C=O) groups excluding carboxylic acids is 1. The molecule has 0 aliphatic heterocycles.